The Morgan fingerprint density at radius 2 is 2.22 bits per heavy atom. The van der Waals surface area contributed by atoms with Crippen LogP contribution in [-0.4, -0.2) is 23.8 Å². The lowest BCUT2D eigenvalue weighted by Gasteiger charge is -2.32. The van der Waals surface area contributed by atoms with Crippen molar-refractivity contribution in [2.24, 2.45) is 0 Å². The fourth-order valence-electron chi connectivity index (χ4n) is 0.906. The number of esters is 1. The van der Waals surface area contributed by atoms with E-state index in [9.17, 15) is 9.90 Å². The first-order valence-electron chi connectivity index (χ1n) is 3.00. The van der Waals surface area contributed by atoms with Gasteiger partial charge in [0.15, 0.2) is 5.60 Å². The summed E-state index contributed by atoms with van der Waals surface area (Å²) in [4.78, 5) is 10.6. The molecule has 1 N–H and O–H groups in total. The van der Waals surface area contributed by atoms with Crippen LogP contribution >= 0.6 is 0 Å². The molecule has 0 spiro atoms. The fraction of sp³-hybridized carbons (Fsp3) is 0.833. The average Bonchev–Trinajstić information content (AvgIpc) is 1.81. The van der Waals surface area contributed by atoms with Crippen molar-refractivity contribution in [3.05, 3.63) is 0 Å². The Labute approximate surface area is 53.6 Å². The van der Waals surface area contributed by atoms with Crippen LogP contribution in [0.2, 0.25) is 0 Å². The van der Waals surface area contributed by atoms with E-state index < -0.39 is 11.6 Å². The highest BCUT2D eigenvalue weighted by molar-refractivity contribution is 5.80. The first kappa shape index (κ1) is 6.55. The van der Waals surface area contributed by atoms with Crippen molar-refractivity contribution in [3.63, 3.8) is 0 Å². The standard InChI is InChI=1S/C6H10O3/c1-9-5(7)6(8)3-2-4-6/h8H,2-4H2,1H3. The molecule has 0 atom stereocenters. The summed E-state index contributed by atoms with van der Waals surface area (Å²) < 4.78 is 4.37. The molecule has 3 heteroatoms. The lowest BCUT2D eigenvalue weighted by Crippen LogP contribution is -2.45. The van der Waals surface area contributed by atoms with E-state index >= 15 is 0 Å². The summed E-state index contributed by atoms with van der Waals surface area (Å²) in [6, 6.07) is 0. The Morgan fingerprint density at radius 3 is 2.33 bits per heavy atom. The van der Waals surface area contributed by atoms with Crippen molar-refractivity contribution in [2.45, 2.75) is 24.9 Å². The van der Waals surface area contributed by atoms with Gasteiger partial charge in [0.2, 0.25) is 0 Å². The number of carbonyl (C=O) groups excluding carboxylic acids is 1. The molecule has 0 heterocycles. The molecule has 0 amide bonds. The van der Waals surface area contributed by atoms with Gasteiger partial charge in [0.25, 0.3) is 0 Å². The molecule has 0 aromatic rings. The number of ether oxygens (including phenoxy) is 1. The van der Waals surface area contributed by atoms with Crippen LogP contribution in [0.5, 0.6) is 0 Å². The summed E-state index contributed by atoms with van der Waals surface area (Å²) in [5.41, 5.74) is -1.13. The Hall–Kier alpha value is -0.570. The zero-order chi connectivity index (χ0) is 6.91. The second-order valence-electron chi connectivity index (χ2n) is 2.38. The summed E-state index contributed by atoms with van der Waals surface area (Å²) in [5, 5.41) is 9.20. The average molecular weight is 130 g/mol. The van der Waals surface area contributed by atoms with Crippen molar-refractivity contribution >= 4 is 5.97 Å². The van der Waals surface area contributed by atoms with Gasteiger partial charge in [-0.3, -0.25) is 0 Å². The first-order valence-corrected chi connectivity index (χ1v) is 3.00. The molecule has 0 saturated heterocycles. The Morgan fingerprint density at radius 1 is 1.67 bits per heavy atom. The number of hydrogen-bond donors (Lipinski definition) is 1. The van der Waals surface area contributed by atoms with Crippen molar-refractivity contribution < 1.29 is 14.6 Å². The maximum atomic E-state index is 10.6. The van der Waals surface area contributed by atoms with Crippen LogP contribution in [0.25, 0.3) is 0 Å². The Kier molecular flexibility index (Phi) is 1.45. The molecule has 0 unspecified atom stereocenters. The lowest BCUT2D eigenvalue weighted by molar-refractivity contribution is -0.171. The fourth-order valence-corrected chi connectivity index (χ4v) is 0.906. The minimum Gasteiger partial charge on any atom is -0.467 e. The zero-order valence-electron chi connectivity index (χ0n) is 5.39. The number of hydrogen-bond acceptors (Lipinski definition) is 3. The smallest absolute Gasteiger partial charge is 0.337 e. The van der Waals surface area contributed by atoms with Crippen molar-refractivity contribution in [1.82, 2.24) is 0 Å². The molecule has 52 valence electrons. The highest BCUT2D eigenvalue weighted by Crippen LogP contribution is 2.32. The predicted molar refractivity (Wildman–Crippen MR) is 30.8 cm³/mol. The van der Waals surface area contributed by atoms with Crippen molar-refractivity contribution in [1.29, 1.82) is 0 Å². The number of aliphatic hydroxyl groups is 1. The molecule has 1 fully saturated rings. The molecule has 1 saturated carbocycles. The van der Waals surface area contributed by atoms with Crippen LogP contribution in [0.1, 0.15) is 19.3 Å². The second kappa shape index (κ2) is 1.99. The molecule has 0 aromatic heterocycles. The van der Waals surface area contributed by atoms with E-state index in [1.807, 2.05) is 0 Å². The van der Waals surface area contributed by atoms with Gasteiger partial charge in [0.05, 0.1) is 7.11 Å². The number of rotatable bonds is 1. The Balaban J connectivity index is 2.49. The van der Waals surface area contributed by atoms with Crippen LogP contribution < -0.4 is 0 Å². The molecular formula is C6H10O3. The van der Waals surface area contributed by atoms with Gasteiger partial charge in [-0.1, -0.05) is 0 Å². The van der Waals surface area contributed by atoms with Crippen molar-refractivity contribution in [3.8, 4) is 0 Å². The normalized spacial score (nSPS) is 22.4. The topological polar surface area (TPSA) is 46.5 Å². The molecule has 0 aromatic carbocycles. The van der Waals surface area contributed by atoms with E-state index in [2.05, 4.69) is 4.74 Å². The third-order valence-corrected chi connectivity index (χ3v) is 1.75. The minimum absolute atomic E-state index is 0.492. The predicted octanol–water partition coefficient (Wildman–Crippen LogP) is 0.0744. The molecule has 3 nitrogen and oxygen atoms in total. The van der Waals surface area contributed by atoms with Gasteiger partial charge in [-0.15, -0.1) is 0 Å². The summed E-state index contributed by atoms with van der Waals surface area (Å²) in [7, 11) is 1.29. The molecule has 1 rings (SSSR count). The van der Waals surface area contributed by atoms with E-state index in [4.69, 9.17) is 0 Å². The van der Waals surface area contributed by atoms with E-state index in [0.717, 1.165) is 6.42 Å². The highest BCUT2D eigenvalue weighted by atomic mass is 16.5. The Bertz CT molecular complexity index is 126. The minimum atomic E-state index is -1.13. The van der Waals surface area contributed by atoms with Crippen molar-refractivity contribution in [2.75, 3.05) is 7.11 Å². The summed E-state index contributed by atoms with van der Waals surface area (Å²) in [6.07, 6.45) is 2.03. The maximum absolute atomic E-state index is 10.6. The van der Waals surface area contributed by atoms with E-state index in [1.165, 1.54) is 7.11 Å². The number of methoxy groups -OCH3 is 1. The molecular weight excluding hydrogens is 120 g/mol. The molecule has 9 heavy (non-hydrogen) atoms. The van der Waals surface area contributed by atoms with Gasteiger partial charge >= 0.3 is 5.97 Å². The molecule has 1 aliphatic rings. The zero-order valence-corrected chi connectivity index (χ0v) is 5.39. The quantitative estimate of drug-likeness (QED) is 0.511. The third kappa shape index (κ3) is 0.920. The van der Waals surface area contributed by atoms with Gasteiger partial charge in [-0.2, -0.15) is 0 Å². The van der Waals surface area contributed by atoms with Gasteiger partial charge in [-0.25, -0.2) is 4.79 Å². The summed E-state index contributed by atoms with van der Waals surface area (Å²) in [5.74, 6) is -0.492. The van der Waals surface area contributed by atoms with E-state index in [0.29, 0.717) is 12.8 Å². The molecule has 1 aliphatic carbocycles. The largest absolute Gasteiger partial charge is 0.467 e. The second-order valence-corrected chi connectivity index (χ2v) is 2.38. The van der Waals surface area contributed by atoms with Crippen LogP contribution in [0, 0.1) is 0 Å². The van der Waals surface area contributed by atoms with E-state index in [1.54, 1.807) is 0 Å². The summed E-state index contributed by atoms with van der Waals surface area (Å²) in [6.45, 7) is 0. The lowest BCUT2D eigenvalue weighted by atomic mass is 9.80. The molecule has 0 aliphatic heterocycles. The summed E-state index contributed by atoms with van der Waals surface area (Å²) >= 11 is 0. The van der Waals surface area contributed by atoms with Gasteiger partial charge < -0.3 is 9.84 Å². The van der Waals surface area contributed by atoms with E-state index in [-0.39, 0.29) is 0 Å². The number of carbonyl (C=O) groups is 1. The van der Waals surface area contributed by atoms with Gasteiger partial charge in [-0.05, 0) is 19.3 Å². The third-order valence-electron chi connectivity index (χ3n) is 1.75. The van der Waals surface area contributed by atoms with Crippen LogP contribution in [0.15, 0.2) is 0 Å². The van der Waals surface area contributed by atoms with Gasteiger partial charge in [0, 0.05) is 0 Å². The monoisotopic (exact) mass is 130 g/mol. The van der Waals surface area contributed by atoms with Crippen LogP contribution in [0.3, 0.4) is 0 Å². The van der Waals surface area contributed by atoms with Crippen LogP contribution in [0.4, 0.5) is 0 Å². The van der Waals surface area contributed by atoms with Crippen LogP contribution in [-0.2, 0) is 9.53 Å². The highest BCUT2D eigenvalue weighted by Gasteiger charge is 2.42. The first-order chi connectivity index (χ1) is 4.19. The molecule has 0 radical (unpaired) electrons. The SMILES string of the molecule is COC(=O)C1(O)CCC1. The maximum Gasteiger partial charge on any atom is 0.337 e. The molecule has 0 bridgehead atoms. The van der Waals surface area contributed by atoms with Gasteiger partial charge in [0.1, 0.15) is 0 Å².